The van der Waals surface area contributed by atoms with Crippen molar-refractivity contribution in [2.75, 3.05) is 16.8 Å². The summed E-state index contributed by atoms with van der Waals surface area (Å²) in [4.78, 5) is 52.4. The number of hydrogen-bond donors (Lipinski definition) is 3. The van der Waals surface area contributed by atoms with Crippen molar-refractivity contribution in [1.82, 2.24) is 29.9 Å². The van der Waals surface area contributed by atoms with Crippen molar-refractivity contribution in [3.8, 4) is 28.7 Å². The van der Waals surface area contributed by atoms with Crippen LogP contribution in [0.4, 0.5) is 49.7 Å². The third-order valence-electron chi connectivity index (χ3n) is 13.5. The summed E-state index contributed by atoms with van der Waals surface area (Å²) >= 11 is 6.75. The van der Waals surface area contributed by atoms with Crippen molar-refractivity contribution in [2.24, 2.45) is 11.3 Å². The van der Waals surface area contributed by atoms with Crippen LogP contribution in [0.15, 0.2) is 66.7 Å². The molecule has 0 unspecified atom stereocenters. The van der Waals surface area contributed by atoms with Crippen LogP contribution in [0, 0.1) is 34.8 Å². The normalized spacial score (nSPS) is 16.8. The molecule has 1 saturated carbocycles. The molecule has 2 amide bonds. The number of alkyl halides is 8. The lowest BCUT2D eigenvalue weighted by Crippen LogP contribution is -2.45. The van der Waals surface area contributed by atoms with Gasteiger partial charge in [0.25, 0.3) is 5.92 Å². The quantitative estimate of drug-likeness (QED) is 0.0466. The molecule has 0 saturated heterocycles. The Balaban J connectivity index is 1.31. The standard InChI is InChI=1S/C50H45ClF10N7O10PS2/c1-46(2,22-25-9-7-8-10-37(25)78-79(71,72)73)45(70)68(81(6,76)77)44-40-34(51)14-13-31(41(40)67(65-44)24-48(54,55)56)30-12-11-29(15-16-47(3,4)80(5,74)75)62-36(30)21-35(26-17-27(52)19-28(53)18-26)63-38(69)23-66-43-39(42(64-66)50(59,60)61)32-20-33(32)49(43,57)58/h7-14,17-19,32-33,35H,20-24H2,1-6H3,(H,63,69)(H2,71,72,73)/t32-,33+,35-/m0/s1. The molecule has 0 spiro atoms. The molecule has 3 heterocycles. The van der Waals surface area contributed by atoms with Crippen molar-refractivity contribution in [3.63, 3.8) is 0 Å². The lowest BCUT2D eigenvalue weighted by Gasteiger charge is -2.30. The number of aromatic nitrogens is 5. The highest BCUT2D eigenvalue weighted by molar-refractivity contribution is 7.93. The van der Waals surface area contributed by atoms with Gasteiger partial charge in [-0.05, 0) is 86.1 Å². The van der Waals surface area contributed by atoms with E-state index in [0.29, 0.717) is 24.5 Å². The number of anilines is 1. The average molecular weight is 1220 g/mol. The van der Waals surface area contributed by atoms with Gasteiger partial charge < -0.3 is 9.84 Å². The zero-order chi connectivity index (χ0) is 60.1. The molecule has 3 N–H and O–H groups in total. The van der Waals surface area contributed by atoms with Crippen LogP contribution in [-0.4, -0.2) is 86.4 Å². The first kappa shape index (κ1) is 60.5. The number of carbonyl (C=O) groups excluding carboxylic acids is 2. The molecule has 2 aliphatic carbocycles. The lowest BCUT2D eigenvalue weighted by atomic mass is 9.84. The molecule has 1 fully saturated rings. The SMILES string of the molecule is CC(C)(Cc1ccccc1OP(=O)(O)O)C(=O)N(c1nn(CC(F)(F)F)c2c(-c3ccc(C#CC(C)(C)S(C)(=O)=O)nc3C[C@H](NC(=O)Cn3nc(C(F)(F)F)c4c3C(F)(F)[C@@H]3C[C@H]43)c3cc(F)cc(F)c3)ccc(Cl)c12)S(C)(=O)=O. The fourth-order valence-electron chi connectivity index (χ4n) is 9.47. The molecule has 0 aliphatic heterocycles. The molecule has 2 aliphatic rings. The Hall–Kier alpha value is -6.57. The molecule has 81 heavy (non-hydrogen) atoms. The van der Waals surface area contributed by atoms with Crippen molar-refractivity contribution in [3.05, 3.63) is 123 Å². The first-order valence-electron chi connectivity index (χ1n) is 23.8. The molecule has 17 nitrogen and oxygen atoms in total. The minimum Gasteiger partial charge on any atom is -0.404 e. The van der Waals surface area contributed by atoms with E-state index in [1.54, 1.807) is 0 Å². The third kappa shape index (κ3) is 12.6. The van der Waals surface area contributed by atoms with Crippen molar-refractivity contribution >= 4 is 67.8 Å². The number of phosphoric acid groups is 1. The topological polar surface area (TPSA) is 233 Å². The summed E-state index contributed by atoms with van der Waals surface area (Å²) in [7, 11) is -14.1. The molecule has 6 aromatic rings. The van der Waals surface area contributed by atoms with E-state index in [2.05, 4.69) is 32.3 Å². The van der Waals surface area contributed by atoms with Gasteiger partial charge in [-0.25, -0.2) is 35.2 Å². The van der Waals surface area contributed by atoms with Crippen molar-refractivity contribution < 1.29 is 89.2 Å². The summed E-state index contributed by atoms with van der Waals surface area (Å²) in [6.07, 6.45) is -10.6. The highest BCUT2D eigenvalue weighted by Gasteiger charge is 2.68. The third-order valence-corrected chi connectivity index (χ3v) is 17.2. The molecule has 434 valence electrons. The second kappa shape index (κ2) is 20.7. The Labute approximate surface area is 459 Å². The highest BCUT2D eigenvalue weighted by Crippen LogP contribution is 2.68. The number of hydrogen-bond acceptors (Lipinski definition) is 11. The molecular formula is C50H45ClF10N7O10PS2. The highest BCUT2D eigenvalue weighted by atomic mass is 35.5. The fourth-order valence-corrected chi connectivity index (χ4v) is 11.4. The summed E-state index contributed by atoms with van der Waals surface area (Å²) in [5, 5.41) is 8.64. The second-order valence-electron chi connectivity index (χ2n) is 20.6. The summed E-state index contributed by atoms with van der Waals surface area (Å²) in [5.41, 5.74) is -7.85. The van der Waals surface area contributed by atoms with E-state index in [9.17, 15) is 67.1 Å². The monoisotopic (exact) mass is 1220 g/mol. The zero-order valence-electron chi connectivity index (χ0n) is 42.9. The summed E-state index contributed by atoms with van der Waals surface area (Å²) < 4.78 is 217. The average Bonchev–Trinajstić information content (AvgIpc) is 2.33. The number of rotatable bonds is 16. The summed E-state index contributed by atoms with van der Waals surface area (Å²) in [6.45, 7) is 1.58. The number of para-hydroxylation sites is 1. The van der Waals surface area contributed by atoms with E-state index in [-0.39, 0.29) is 48.2 Å². The van der Waals surface area contributed by atoms with Crippen molar-refractivity contribution in [1.29, 1.82) is 0 Å². The molecular weight excluding hydrogens is 1180 g/mol. The Morgan fingerprint density at radius 3 is 2.15 bits per heavy atom. The number of halogens is 11. The molecule has 0 bridgehead atoms. The molecule has 3 aromatic carbocycles. The lowest BCUT2D eigenvalue weighted by molar-refractivity contribution is -0.143. The minimum absolute atomic E-state index is 0.0257. The predicted molar refractivity (Wildman–Crippen MR) is 272 cm³/mol. The second-order valence-corrected chi connectivity index (χ2v) is 26.6. The largest absolute Gasteiger partial charge is 0.524 e. The van der Waals surface area contributed by atoms with Crippen LogP contribution in [0.2, 0.25) is 5.02 Å². The van der Waals surface area contributed by atoms with E-state index >= 15 is 17.6 Å². The van der Waals surface area contributed by atoms with Crippen LogP contribution in [0.25, 0.3) is 22.0 Å². The van der Waals surface area contributed by atoms with Gasteiger partial charge in [-0.1, -0.05) is 55.6 Å². The molecule has 3 atom stereocenters. The van der Waals surface area contributed by atoms with Gasteiger partial charge in [0.15, 0.2) is 21.3 Å². The van der Waals surface area contributed by atoms with Crippen molar-refractivity contribution in [2.45, 2.75) is 95.0 Å². The van der Waals surface area contributed by atoms with Gasteiger partial charge in [-0.3, -0.25) is 28.7 Å². The van der Waals surface area contributed by atoms with Gasteiger partial charge >= 0.3 is 20.2 Å². The van der Waals surface area contributed by atoms with Crippen LogP contribution in [0.1, 0.15) is 85.5 Å². The Morgan fingerprint density at radius 2 is 1.56 bits per heavy atom. The molecule has 8 rings (SSSR count). The number of sulfonamides is 1. The van der Waals surface area contributed by atoms with Gasteiger partial charge in [0, 0.05) is 46.8 Å². The first-order chi connectivity index (χ1) is 37.1. The van der Waals surface area contributed by atoms with Crippen LogP contribution in [0.3, 0.4) is 0 Å². The van der Waals surface area contributed by atoms with E-state index < -0.39 is 173 Å². The van der Waals surface area contributed by atoms with Gasteiger partial charge in [-0.15, -0.1) is 0 Å². The van der Waals surface area contributed by atoms with E-state index in [1.165, 1.54) is 52.0 Å². The first-order valence-corrected chi connectivity index (χ1v) is 29.4. The number of fused-ring (bicyclic) bond motifs is 4. The Bertz CT molecular complexity index is 3910. The molecule has 0 radical (unpaired) electrons. The van der Waals surface area contributed by atoms with Crippen LogP contribution in [0.5, 0.6) is 5.75 Å². The number of benzene rings is 3. The number of sulfone groups is 1. The number of amides is 2. The maximum Gasteiger partial charge on any atom is 0.524 e. The maximum atomic E-state index is 15.6. The predicted octanol–water partition coefficient (Wildman–Crippen LogP) is 9.32. The fraction of sp³-hybridized carbons (Fsp3) is 0.380. The van der Waals surface area contributed by atoms with E-state index in [4.69, 9.17) is 16.1 Å². The molecule has 31 heteroatoms. The summed E-state index contributed by atoms with van der Waals surface area (Å²) in [5.74, 6) is -7.99. The number of nitrogens with zero attached hydrogens (tertiary/aromatic N) is 6. The van der Waals surface area contributed by atoms with Crippen LogP contribution >= 0.6 is 19.4 Å². The smallest absolute Gasteiger partial charge is 0.404 e. The van der Waals surface area contributed by atoms with Crippen LogP contribution < -0.4 is 14.1 Å². The zero-order valence-corrected chi connectivity index (χ0v) is 46.2. The number of carbonyl (C=O) groups is 2. The molecule has 3 aromatic heterocycles. The minimum atomic E-state index is -5.23. The van der Waals surface area contributed by atoms with Gasteiger partial charge in [0.2, 0.25) is 21.8 Å². The van der Waals surface area contributed by atoms with Crippen LogP contribution in [-0.2, 0) is 72.0 Å². The number of pyridine rings is 1. The van der Waals surface area contributed by atoms with Gasteiger partial charge in [0.1, 0.15) is 46.6 Å². The number of nitrogens with one attached hydrogen (secondary N) is 1. The Kier molecular flexibility index (Phi) is 15.5. The van der Waals surface area contributed by atoms with Gasteiger partial charge in [0.05, 0.1) is 33.9 Å². The number of phosphoric ester groups is 1. The summed E-state index contributed by atoms with van der Waals surface area (Å²) in [6, 6.07) is 9.81. The van der Waals surface area contributed by atoms with E-state index in [0.717, 1.165) is 30.5 Å². The Morgan fingerprint density at radius 1 is 0.926 bits per heavy atom. The maximum absolute atomic E-state index is 15.6. The van der Waals surface area contributed by atoms with Gasteiger partial charge in [-0.2, -0.15) is 49.6 Å². The van der Waals surface area contributed by atoms with E-state index in [1.807, 2.05) is 0 Å².